The summed E-state index contributed by atoms with van der Waals surface area (Å²) in [6, 6.07) is 10.1. The van der Waals surface area contributed by atoms with E-state index in [1.54, 1.807) is 11.3 Å². The van der Waals surface area contributed by atoms with E-state index < -0.39 is 0 Å². The molecule has 1 aromatic carbocycles. The number of rotatable bonds is 2. The first kappa shape index (κ1) is 11.6. The Balaban J connectivity index is 1.99. The first-order chi connectivity index (χ1) is 8.72. The van der Waals surface area contributed by atoms with Gasteiger partial charge < -0.3 is 5.73 Å². The van der Waals surface area contributed by atoms with Gasteiger partial charge in [0.15, 0.2) is 0 Å². The minimum Gasteiger partial charge on any atom is -0.383 e. The highest BCUT2D eigenvalue weighted by Gasteiger charge is 2.07. The molecule has 2 N–H and O–H groups in total. The molecule has 0 saturated carbocycles. The summed E-state index contributed by atoms with van der Waals surface area (Å²) in [6.07, 6.45) is 0.692. The molecule has 0 amide bonds. The van der Waals surface area contributed by atoms with Crippen molar-refractivity contribution in [2.45, 2.75) is 6.42 Å². The molecular formula is C13H10BrN3S. The fourth-order valence-corrected chi connectivity index (χ4v) is 3.07. The Morgan fingerprint density at radius 2 is 2.11 bits per heavy atom. The molecule has 0 fully saturated rings. The lowest BCUT2D eigenvalue weighted by Crippen LogP contribution is -2.00. The molecule has 0 radical (unpaired) electrons. The molecule has 0 aliphatic heterocycles. The monoisotopic (exact) mass is 319 g/mol. The van der Waals surface area contributed by atoms with Crippen molar-refractivity contribution < 1.29 is 0 Å². The van der Waals surface area contributed by atoms with E-state index in [-0.39, 0.29) is 0 Å². The molecule has 0 aliphatic rings. The molecule has 18 heavy (non-hydrogen) atoms. The van der Waals surface area contributed by atoms with Crippen LogP contribution in [0.4, 0.5) is 5.82 Å². The fourth-order valence-electron chi connectivity index (χ4n) is 1.83. The van der Waals surface area contributed by atoms with Crippen LogP contribution < -0.4 is 5.73 Å². The molecule has 90 valence electrons. The van der Waals surface area contributed by atoms with Crippen LogP contribution in [0.5, 0.6) is 0 Å². The second-order valence-corrected chi connectivity index (χ2v) is 5.78. The molecule has 0 spiro atoms. The summed E-state index contributed by atoms with van der Waals surface area (Å²) in [5.41, 5.74) is 7.10. The van der Waals surface area contributed by atoms with Gasteiger partial charge in [-0.15, -0.1) is 11.3 Å². The average molecular weight is 320 g/mol. The summed E-state index contributed by atoms with van der Waals surface area (Å²) in [6.45, 7) is 0. The molecule has 2 aromatic heterocycles. The van der Waals surface area contributed by atoms with Crippen molar-refractivity contribution in [2.24, 2.45) is 0 Å². The predicted octanol–water partition coefficient (Wildman–Crippen LogP) is 3.63. The number of fused-ring (bicyclic) bond motifs is 1. The lowest BCUT2D eigenvalue weighted by atomic mass is 10.1. The number of thiophene rings is 1. The molecule has 3 aromatic rings. The van der Waals surface area contributed by atoms with E-state index in [9.17, 15) is 0 Å². The van der Waals surface area contributed by atoms with Gasteiger partial charge in [-0.2, -0.15) is 0 Å². The van der Waals surface area contributed by atoms with Crippen molar-refractivity contribution in [2.75, 3.05) is 5.73 Å². The van der Waals surface area contributed by atoms with Gasteiger partial charge in [0, 0.05) is 10.9 Å². The largest absolute Gasteiger partial charge is 0.383 e. The Hall–Kier alpha value is -1.46. The van der Waals surface area contributed by atoms with Gasteiger partial charge in [0.25, 0.3) is 0 Å². The van der Waals surface area contributed by atoms with Gasteiger partial charge in [-0.05, 0) is 29.1 Å². The molecule has 0 bridgehead atoms. The van der Waals surface area contributed by atoms with Crippen LogP contribution in [0.1, 0.15) is 11.4 Å². The minimum atomic E-state index is 0.561. The third kappa shape index (κ3) is 2.23. The quantitative estimate of drug-likeness (QED) is 0.784. The molecule has 0 aliphatic carbocycles. The van der Waals surface area contributed by atoms with Crippen LogP contribution in [0.2, 0.25) is 0 Å². The van der Waals surface area contributed by atoms with Gasteiger partial charge in [0.2, 0.25) is 0 Å². The first-order valence-corrected chi connectivity index (χ1v) is 7.14. The third-order valence-corrected chi connectivity index (χ3v) is 3.95. The summed E-state index contributed by atoms with van der Waals surface area (Å²) >= 11 is 5.05. The summed E-state index contributed by atoms with van der Waals surface area (Å²) < 4.78 is 1.06. The van der Waals surface area contributed by atoms with Crippen molar-refractivity contribution >= 4 is 43.3 Å². The summed E-state index contributed by atoms with van der Waals surface area (Å²) in [5, 5.41) is 2.93. The van der Waals surface area contributed by atoms with Crippen LogP contribution in [-0.2, 0) is 6.42 Å². The fraction of sp³-hybridized carbons (Fsp3) is 0.0769. The van der Waals surface area contributed by atoms with Gasteiger partial charge in [-0.1, -0.05) is 28.1 Å². The molecule has 3 nitrogen and oxygen atoms in total. The standard InChI is InChI=1S/C13H10BrN3S/c14-9-3-1-2-8(6-9)7-11-16-12(15)10-4-5-18-13(10)17-11/h1-6H,7H2,(H2,15,16,17). The van der Waals surface area contributed by atoms with Crippen LogP contribution >= 0.6 is 27.3 Å². The second kappa shape index (κ2) is 4.66. The van der Waals surface area contributed by atoms with E-state index in [1.807, 2.05) is 23.6 Å². The lowest BCUT2D eigenvalue weighted by molar-refractivity contribution is 1.00. The molecule has 2 heterocycles. The van der Waals surface area contributed by atoms with Crippen LogP contribution in [0, 0.1) is 0 Å². The van der Waals surface area contributed by atoms with Crippen molar-refractivity contribution in [3.63, 3.8) is 0 Å². The number of hydrogen-bond donors (Lipinski definition) is 1. The van der Waals surface area contributed by atoms with Gasteiger partial charge in [-0.3, -0.25) is 0 Å². The van der Waals surface area contributed by atoms with Crippen LogP contribution in [-0.4, -0.2) is 9.97 Å². The maximum absolute atomic E-state index is 5.93. The van der Waals surface area contributed by atoms with Crippen LogP contribution in [0.3, 0.4) is 0 Å². The maximum Gasteiger partial charge on any atom is 0.136 e. The number of nitrogen functional groups attached to an aromatic ring is 1. The highest BCUT2D eigenvalue weighted by Crippen LogP contribution is 2.23. The topological polar surface area (TPSA) is 51.8 Å². The number of benzene rings is 1. The zero-order valence-corrected chi connectivity index (χ0v) is 11.8. The number of aromatic nitrogens is 2. The van der Waals surface area contributed by atoms with E-state index in [2.05, 4.69) is 38.0 Å². The Kier molecular flexibility index (Phi) is 3.01. The number of nitrogens with zero attached hydrogens (tertiary/aromatic N) is 2. The van der Waals surface area contributed by atoms with Crippen LogP contribution in [0.25, 0.3) is 10.2 Å². The number of hydrogen-bond acceptors (Lipinski definition) is 4. The van der Waals surface area contributed by atoms with Crippen LogP contribution in [0.15, 0.2) is 40.2 Å². The maximum atomic E-state index is 5.93. The summed E-state index contributed by atoms with van der Waals surface area (Å²) in [7, 11) is 0. The van der Waals surface area contributed by atoms with E-state index >= 15 is 0 Å². The highest BCUT2D eigenvalue weighted by molar-refractivity contribution is 9.10. The number of anilines is 1. The predicted molar refractivity (Wildman–Crippen MR) is 78.8 cm³/mol. The van der Waals surface area contributed by atoms with Crippen molar-refractivity contribution in [3.05, 3.63) is 51.6 Å². The molecule has 3 rings (SSSR count). The Morgan fingerprint density at radius 1 is 1.22 bits per heavy atom. The van der Waals surface area contributed by atoms with Gasteiger partial charge in [-0.25, -0.2) is 9.97 Å². The van der Waals surface area contributed by atoms with Crippen molar-refractivity contribution in [3.8, 4) is 0 Å². The SMILES string of the molecule is Nc1nc(Cc2cccc(Br)c2)nc2sccc12. The van der Waals surface area contributed by atoms with E-state index in [1.165, 1.54) is 5.56 Å². The first-order valence-electron chi connectivity index (χ1n) is 5.46. The molecule has 0 saturated heterocycles. The van der Waals surface area contributed by atoms with Crippen molar-refractivity contribution in [1.82, 2.24) is 9.97 Å². The van der Waals surface area contributed by atoms with E-state index in [0.29, 0.717) is 12.2 Å². The Morgan fingerprint density at radius 3 is 2.94 bits per heavy atom. The molecule has 0 unspecified atom stereocenters. The number of nitrogens with two attached hydrogens (primary N) is 1. The molecule has 5 heteroatoms. The van der Waals surface area contributed by atoms with Gasteiger partial charge in [0.05, 0.1) is 5.39 Å². The van der Waals surface area contributed by atoms with Gasteiger partial charge >= 0.3 is 0 Å². The molecule has 0 atom stereocenters. The third-order valence-electron chi connectivity index (χ3n) is 2.65. The van der Waals surface area contributed by atoms with Crippen molar-refractivity contribution in [1.29, 1.82) is 0 Å². The Bertz CT molecular complexity index is 708. The molecular weight excluding hydrogens is 310 g/mol. The summed E-state index contributed by atoms with van der Waals surface area (Å²) in [4.78, 5) is 9.84. The lowest BCUT2D eigenvalue weighted by Gasteiger charge is -2.03. The average Bonchev–Trinajstić information content (AvgIpc) is 2.77. The normalized spacial score (nSPS) is 10.9. The van der Waals surface area contributed by atoms with E-state index in [4.69, 9.17) is 5.73 Å². The van der Waals surface area contributed by atoms with Gasteiger partial charge in [0.1, 0.15) is 16.5 Å². The smallest absolute Gasteiger partial charge is 0.136 e. The summed E-state index contributed by atoms with van der Waals surface area (Å²) in [5.74, 6) is 1.33. The zero-order chi connectivity index (χ0) is 12.5. The second-order valence-electron chi connectivity index (χ2n) is 3.97. The minimum absolute atomic E-state index is 0.561. The highest BCUT2D eigenvalue weighted by atomic mass is 79.9. The number of halogens is 1. The Labute approximate surface area is 117 Å². The van der Waals surface area contributed by atoms with E-state index in [0.717, 1.165) is 20.5 Å². The zero-order valence-electron chi connectivity index (χ0n) is 9.43.